The summed E-state index contributed by atoms with van der Waals surface area (Å²) < 4.78 is 39.5. The second-order valence-corrected chi connectivity index (χ2v) is 4.33. The molecule has 16 heavy (non-hydrogen) atoms. The maximum Gasteiger partial charge on any atom is 0.411 e. The fourth-order valence-electron chi connectivity index (χ4n) is 1.26. The molecule has 5 heteroatoms. The molecule has 0 radical (unpaired) electrons. The summed E-state index contributed by atoms with van der Waals surface area (Å²) in [6.45, 7) is 2.85. The number of ether oxygens (including phenoxy) is 1. The molecule has 0 aromatic heterocycles. The first-order valence-electron chi connectivity index (χ1n) is 5.65. The van der Waals surface area contributed by atoms with Gasteiger partial charge in [0, 0.05) is 6.61 Å². The van der Waals surface area contributed by atoms with Gasteiger partial charge in [-0.15, -0.1) is 0 Å². The molecule has 0 amide bonds. The van der Waals surface area contributed by atoms with Crippen molar-refractivity contribution in [3.8, 4) is 0 Å². The Balaban J connectivity index is 3.22. The molecule has 1 N–H and O–H groups in total. The Morgan fingerprint density at radius 2 is 1.75 bits per heavy atom. The van der Waals surface area contributed by atoms with Gasteiger partial charge in [-0.05, 0) is 18.8 Å². The first kappa shape index (κ1) is 15.7. The molecule has 0 aliphatic rings. The summed E-state index contributed by atoms with van der Waals surface area (Å²) in [5.74, 6) is 0.237. The molecule has 0 aromatic rings. The van der Waals surface area contributed by atoms with Crippen LogP contribution in [0.1, 0.15) is 39.5 Å². The molecular formula is C11H21F3O2. The maximum atomic E-state index is 11.7. The average molecular weight is 242 g/mol. The van der Waals surface area contributed by atoms with E-state index in [1.54, 1.807) is 0 Å². The van der Waals surface area contributed by atoms with Crippen molar-refractivity contribution < 1.29 is 23.0 Å². The quantitative estimate of drug-likeness (QED) is 0.662. The Morgan fingerprint density at radius 1 is 1.12 bits per heavy atom. The third-order valence-corrected chi connectivity index (χ3v) is 2.32. The predicted molar refractivity (Wildman–Crippen MR) is 56.2 cm³/mol. The van der Waals surface area contributed by atoms with Gasteiger partial charge in [0.25, 0.3) is 0 Å². The van der Waals surface area contributed by atoms with Crippen LogP contribution >= 0.6 is 0 Å². The molecule has 0 spiro atoms. The van der Waals surface area contributed by atoms with Crippen LogP contribution in [0.15, 0.2) is 0 Å². The van der Waals surface area contributed by atoms with Gasteiger partial charge in [-0.2, -0.15) is 13.2 Å². The number of unbranched alkanes of at least 4 members (excludes halogenated alkanes) is 2. The van der Waals surface area contributed by atoms with Crippen LogP contribution in [0.2, 0.25) is 0 Å². The summed E-state index contributed by atoms with van der Waals surface area (Å²) >= 11 is 0. The van der Waals surface area contributed by atoms with Crippen LogP contribution in [0, 0.1) is 5.92 Å². The lowest BCUT2D eigenvalue weighted by Gasteiger charge is -2.13. The SMILES string of the molecule is CC(C)C(O)CCCCCOCC(F)(F)F. The van der Waals surface area contributed by atoms with Gasteiger partial charge < -0.3 is 9.84 Å². The van der Waals surface area contributed by atoms with E-state index in [-0.39, 0.29) is 18.6 Å². The van der Waals surface area contributed by atoms with E-state index in [0.29, 0.717) is 12.8 Å². The van der Waals surface area contributed by atoms with Crippen LogP contribution in [-0.2, 0) is 4.74 Å². The van der Waals surface area contributed by atoms with Crippen LogP contribution in [0.25, 0.3) is 0 Å². The van der Waals surface area contributed by atoms with Crippen LogP contribution in [0.5, 0.6) is 0 Å². The lowest BCUT2D eigenvalue weighted by atomic mass is 10.0. The van der Waals surface area contributed by atoms with Crippen LogP contribution in [-0.4, -0.2) is 30.6 Å². The lowest BCUT2D eigenvalue weighted by molar-refractivity contribution is -0.174. The Hall–Kier alpha value is -0.290. The van der Waals surface area contributed by atoms with Crippen molar-refractivity contribution in [1.82, 2.24) is 0 Å². The van der Waals surface area contributed by atoms with Gasteiger partial charge in [-0.1, -0.05) is 26.7 Å². The molecule has 0 fully saturated rings. The minimum atomic E-state index is -4.23. The monoisotopic (exact) mass is 242 g/mol. The van der Waals surface area contributed by atoms with Crippen molar-refractivity contribution in [3.63, 3.8) is 0 Å². The topological polar surface area (TPSA) is 29.5 Å². The fourth-order valence-corrected chi connectivity index (χ4v) is 1.26. The predicted octanol–water partition coefficient (Wildman–Crippen LogP) is 3.14. The minimum absolute atomic E-state index is 0.136. The van der Waals surface area contributed by atoms with E-state index in [0.717, 1.165) is 12.8 Å². The van der Waals surface area contributed by atoms with Crippen molar-refractivity contribution in [2.24, 2.45) is 5.92 Å². The van der Waals surface area contributed by atoms with E-state index >= 15 is 0 Å². The van der Waals surface area contributed by atoms with E-state index in [4.69, 9.17) is 0 Å². The number of alkyl halides is 3. The highest BCUT2D eigenvalue weighted by atomic mass is 19.4. The number of rotatable bonds is 8. The number of hydrogen-bond donors (Lipinski definition) is 1. The van der Waals surface area contributed by atoms with Gasteiger partial charge in [0.1, 0.15) is 6.61 Å². The summed E-state index contributed by atoms with van der Waals surface area (Å²) in [4.78, 5) is 0. The molecule has 0 rings (SSSR count). The average Bonchev–Trinajstić information content (AvgIpc) is 2.14. The first-order chi connectivity index (χ1) is 7.33. The Kier molecular flexibility index (Phi) is 7.76. The summed E-state index contributed by atoms with van der Waals surface area (Å²) in [6.07, 6.45) is -1.60. The third kappa shape index (κ3) is 10.2. The van der Waals surface area contributed by atoms with Crippen molar-refractivity contribution >= 4 is 0 Å². The van der Waals surface area contributed by atoms with E-state index in [2.05, 4.69) is 4.74 Å². The lowest BCUT2D eigenvalue weighted by Crippen LogP contribution is -2.17. The Morgan fingerprint density at radius 3 is 2.25 bits per heavy atom. The van der Waals surface area contributed by atoms with Crippen LogP contribution in [0.3, 0.4) is 0 Å². The molecule has 1 unspecified atom stereocenters. The second-order valence-electron chi connectivity index (χ2n) is 4.33. The van der Waals surface area contributed by atoms with Gasteiger partial charge in [0.15, 0.2) is 0 Å². The molecule has 0 bridgehead atoms. The largest absolute Gasteiger partial charge is 0.411 e. The standard InChI is InChI=1S/C11H21F3O2/c1-9(2)10(15)6-4-3-5-7-16-8-11(12,13)14/h9-10,15H,3-8H2,1-2H3. The number of hydrogen-bond acceptors (Lipinski definition) is 2. The van der Waals surface area contributed by atoms with Gasteiger partial charge in [-0.25, -0.2) is 0 Å². The van der Waals surface area contributed by atoms with Crippen LogP contribution in [0.4, 0.5) is 13.2 Å². The summed E-state index contributed by atoms with van der Waals surface area (Å²) in [6, 6.07) is 0. The van der Waals surface area contributed by atoms with Crippen molar-refractivity contribution in [1.29, 1.82) is 0 Å². The molecule has 2 nitrogen and oxygen atoms in total. The molecule has 0 saturated heterocycles. The van der Waals surface area contributed by atoms with E-state index in [1.165, 1.54) is 0 Å². The summed E-state index contributed by atoms with van der Waals surface area (Å²) in [5.41, 5.74) is 0. The fraction of sp³-hybridized carbons (Fsp3) is 1.00. The van der Waals surface area contributed by atoms with Gasteiger partial charge in [-0.3, -0.25) is 0 Å². The highest BCUT2D eigenvalue weighted by Gasteiger charge is 2.27. The summed E-state index contributed by atoms with van der Waals surface area (Å²) in [5, 5.41) is 9.46. The number of aliphatic hydroxyl groups is 1. The molecule has 0 aliphatic carbocycles. The van der Waals surface area contributed by atoms with Crippen molar-refractivity contribution in [3.05, 3.63) is 0 Å². The highest BCUT2D eigenvalue weighted by molar-refractivity contribution is 4.59. The van der Waals surface area contributed by atoms with Crippen molar-refractivity contribution in [2.45, 2.75) is 51.8 Å². The van der Waals surface area contributed by atoms with E-state index in [1.807, 2.05) is 13.8 Å². The summed E-state index contributed by atoms with van der Waals surface area (Å²) in [7, 11) is 0. The van der Waals surface area contributed by atoms with Gasteiger partial charge in [0.05, 0.1) is 6.10 Å². The van der Waals surface area contributed by atoms with Gasteiger partial charge >= 0.3 is 6.18 Å². The number of aliphatic hydroxyl groups excluding tert-OH is 1. The zero-order valence-corrected chi connectivity index (χ0v) is 9.89. The second kappa shape index (κ2) is 7.90. The zero-order valence-electron chi connectivity index (χ0n) is 9.89. The smallest absolute Gasteiger partial charge is 0.393 e. The zero-order chi connectivity index (χ0) is 12.6. The van der Waals surface area contributed by atoms with Crippen molar-refractivity contribution in [2.75, 3.05) is 13.2 Å². The molecule has 98 valence electrons. The van der Waals surface area contributed by atoms with E-state index in [9.17, 15) is 18.3 Å². The molecule has 0 saturated carbocycles. The molecule has 1 atom stereocenters. The van der Waals surface area contributed by atoms with Gasteiger partial charge in [0.2, 0.25) is 0 Å². The molecule has 0 aromatic carbocycles. The Bertz CT molecular complexity index is 169. The normalized spacial score (nSPS) is 14.4. The molecule has 0 heterocycles. The highest BCUT2D eigenvalue weighted by Crippen LogP contribution is 2.15. The van der Waals surface area contributed by atoms with E-state index < -0.39 is 12.8 Å². The van der Waals surface area contributed by atoms with Crippen LogP contribution < -0.4 is 0 Å². The molecule has 0 aliphatic heterocycles. The first-order valence-corrected chi connectivity index (χ1v) is 5.65. The number of halogens is 3. The minimum Gasteiger partial charge on any atom is -0.393 e. The maximum absolute atomic E-state index is 11.7. The molecular weight excluding hydrogens is 221 g/mol. The third-order valence-electron chi connectivity index (χ3n) is 2.32. The Labute approximate surface area is 94.8 Å².